The molecular weight excluding hydrogens is 148 g/mol. The van der Waals surface area contributed by atoms with E-state index in [9.17, 15) is 5.11 Å². The zero-order valence-electron chi connectivity index (χ0n) is 6.61. The fourth-order valence-corrected chi connectivity index (χ4v) is 1.43. The molecule has 3 unspecified atom stereocenters. The maximum absolute atomic E-state index is 9.30. The molecule has 64 valence electrons. The summed E-state index contributed by atoms with van der Waals surface area (Å²) in [5.74, 6) is -0.614. The summed E-state index contributed by atoms with van der Waals surface area (Å²) in [6.07, 6.45) is -1.22. The van der Waals surface area contributed by atoms with Crippen LogP contribution in [0.3, 0.4) is 0 Å². The molecular formula is C7H12O4. The smallest absolute Gasteiger partial charge is 0.189 e. The van der Waals surface area contributed by atoms with Gasteiger partial charge in [-0.05, 0) is 13.8 Å². The highest BCUT2D eigenvalue weighted by Crippen LogP contribution is 2.34. The molecule has 0 aliphatic carbocycles. The van der Waals surface area contributed by atoms with Gasteiger partial charge in [-0.1, -0.05) is 0 Å². The highest BCUT2D eigenvalue weighted by molar-refractivity contribution is 4.86. The molecule has 4 nitrogen and oxygen atoms in total. The first-order valence-corrected chi connectivity index (χ1v) is 3.74. The first-order chi connectivity index (χ1) is 5.08. The molecule has 2 aliphatic heterocycles. The van der Waals surface area contributed by atoms with Crippen molar-refractivity contribution in [1.82, 2.24) is 0 Å². The highest BCUT2D eigenvalue weighted by atomic mass is 16.8. The van der Waals surface area contributed by atoms with E-state index in [2.05, 4.69) is 0 Å². The van der Waals surface area contributed by atoms with Gasteiger partial charge in [0.15, 0.2) is 12.1 Å². The molecule has 0 bridgehead atoms. The lowest BCUT2D eigenvalue weighted by molar-refractivity contribution is -0.200. The van der Waals surface area contributed by atoms with Crippen LogP contribution in [0.25, 0.3) is 0 Å². The fraction of sp³-hybridized carbons (Fsp3) is 1.00. The maximum atomic E-state index is 9.30. The van der Waals surface area contributed by atoms with Gasteiger partial charge in [0.25, 0.3) is 0 Å². The Balaban J connectivity index is 2.10. The Morgan fingerprint density at radius 3 is 2.73 bits per heavy atom. The number of ether oxygens (including phenoxy) is 3. The molecule has 4 heteroatoms. The lowest BCUT2D eigenvalue weighted by Gasteiger charge is -2.18. The van der Waals surface area contributed by atoms with Crippen molar-refractivity contribution in [2.75, 3.05) is 6.61 Å². The molecule has 2 saturated heterocycles. The largest absolute Gasteiger partial charge is 0.388 e. The Morgan fingerprint density at radius 2 is 2.09 bits per heavy atom. The average molecular weight is 160 g/mol. The van der Waals surface area contributed by atoms with Gasteiger partial charge in [-0.3, -0.25) is 0 Å². The van der Waals surface area contributed by atoms with Crippen LogP contribution < -0.4 is 0 Å². The maximum Gasteiger partial charge on any atom is 0.189 e. The second kappa shape index (κ2) is 2.17. The van der Waals surface area contributed by atoms with Gasteiger partial charge < -0.3 is 19.3 Å². The summed E-state index contributed by atoms with van der Waals surface area (Å²) in [6.45, 7) is 3.92. The molecule has 0 aromatic rings. The van der Waals surface area contributed by atoms with Gasteiger partial charge in [0.2, 0.25) is 0 Å². The van der Waals surface area contributed by atoms with Crippen LogP contribution in [-0.4, -0.2) is 36.0 Å². The second-order valence-electron chi connectivity index (χ2n) is 3.37. The predicted molar refractivity (Wildman–Crippen MR) is 35.8 cm³/mol. The summed E-state index contributed by atoms with van der Waals surface area (Å²) in [5.41, 5.74) is 0. The normalized spacial score (nSPS) is 47.7. The van der Waals surface area contributed by atoms with Crippen LogP contribution in [-0.2, 0) is 14.2 Å². The van der Waals surface area contributed by atoms with Crippen molar-refractivity contribution in [1.29, 1.82) is 0 Å². The molecule has 0 aromatic carbocycles. The Morgan fingerprint density at radius 1 is 1.36 bits per heavy atom. The first kappa shape index (κ1) is 7.49. The van der Waals surface area contributed by atoms with Crippen LogP contribution in [0, 0.1) is 0 Å². The van der Waals surface area contributed by atoms with E-state index < -0.39 is 11.9 Å². The SMILES string of the molecule is CC1(C)OC2OCC(O)C2O1. The molecule has 2 aliphatic rings. The van der Waals surface area contributed by atoms with E-state index in [0.717, 1.165) is 0 Å². The van der Waals surface area contributed by atoms with Crippen molar-refractivity contribution in [2.24, 2.45) is 0 Å². The lowest BCUT2D eigenvalue weighted by atomic mass is 10.2. The molecule has 0 amide bonds. The van der Waals surface area contributed by atoms with Gasteiger partial charge >= 0.3 is 0 Å². The van der Waals surface area contributed by atoms with Gasteiger partial charge in [-0.25, -0.2) is 0 Å². The van der Waals surface area contributed by atoms with Crippen molar-refractivity contribution < 1.29 is 19.3 Å². The summed E-state index contributed by atoms with van der Waals surface area (Å²) in [5, 5.41) is 9.30. The first-order valence-electron chi connectivity index (χ1n) is 3.74. The van der Waals surface area contributed by atoms with Crippen LogP contribution in [0.1, 0.15) is 13.8 Å². The minimum Gasteiger partial charge on any atom is -0.388 e. The fourth-order valence-electron chi connectivity index (χ4n) is 1.43. The summed E-state index contributed by atoms with van der Waals surface area (Å²) in [6, 6.07) is 0. The number of hydrogen-bond donors (Lipinski definition) is 1. The number of hydrogen-bond acceptors (Lipinski definition) is 4. The molecule has 0 saturated carbocycles. The summed E-state index contributed by atoms with van der Waals surface area (Å²) < 4.78 is 15.9. The average Bonchev–Trinajstić information content (AvgIpc) is 2.31. The topological polar surface area (TPSA) is 47.9 Å². The van der Waals surface area contributed by atoms with Crippen molar-refractivity contribution in [2.45, 2.75) is 38.1 Å². The Bertz CT molecular complexity index is 168. The highest BCUT2D eigenvalue weighted by Gasteiger charge is 2.49. The van der Waals surface area contributed by atoms with Gasteiger partial charge in [-0.2, -0.15) is 0 Å². The Labute approximate surface area is 65.1 Å². The molecule has 2 fully saturated rings. The molecule has 11 heavy (non-hydrogen) atoms. The summed E-state index contributed by atoms with van der Waals surface area (Å²) >= 11 is 0. The Kier molecular flexibility index (Phi) is 1.47. The van der Waals surface area contributed by atoms with E-state index in [1.54, 1.807) is 13.8 Å². The van der Waals surface area contributed by atoms with E-state index >= 15 is 0 Å². The standard InChI is InChI=1S/C7H12O4/c1-7(2)10-5-4(8)3-9-6(5)11-7/h4-6,8H,3H2,1-2H3. The molecule has 0 spiro atoms. The number of rotatable bonds is 0. The van der Waals surface area contributed by atoms with Gasteiger partial charge in [0, 0.05) is 0 Å². The molecule has 2 heterocycles. The summed E-state index contributed by atoms with van der Waals surface area (Å²) in [7, 11) is 0. The monoisotopic (exact) mass is 160 g/mol. The quantitative estimate of drug-likeness (QED) is 0.535. The predicted octanol–water partition coefficient (Wildman–Crippen LogP) is -0.145. The van der Waals surface area contributed by atoms with Crippen molar-refractivity contribution in [3.63, 3.8) is 0 Å². The van der Waals surface area contributed by atoms with Gasteiger partial charge in [0.1, 0.15) is 12.2 Å². The van der Waals surface area contributed by atoms with E-state index in [1.807, 2.05) is 0 Å². The van der Waals surface area contributed by atoms with E-state index in [-0.39, 0.29) is 12.4 Å². The lowest BCUT2D eigenvalue weighted by Crippen LogP contribution is -2.29. The molecule has 0 radical (unpaired) electrons. The minimum atomic E-state index is -0.614. The van der Waals surface area contributed by atoms with Crippen LogP contribution in [0.15, 0.2) is 0 Å². The Hall–Kier alpha value is -0.160. The number of aliphatic hydroxyl groups is 1. The van der Waals surface area contributed by atoms with Crippen LogP contribution in [0.5, 0.6) is 0 Å². The van der Waals surface area contributed by atoms with Crippen molar-refractivity contribution in [3.8, 4) is 0 Å². The zero-order valence-corrected chi connectivity index (χ0v) is 6.61. The molecule has 3 atom stereocenters. The van der Waals surface area contributed by atoms with E-state index in [0.29, 0.717) is 6.61 Å². The minimum absolute atomic E-state index is 0.301. The third kappa shape index (κ3) is 1.16. The molecule has 2 rings (SSSR count). The van der Waals surface area contributed by atoms with Crippen molar-refractivity contribution in [3.05, 3.63) is 0 Å². The van der Waals surface area contributed by atoms with Gasteiger partial charge in [-0.15, -0.1) is 0 Å². The molecule has 0 aromatic heterocycles. The third-order valence-corrected chi connectivity index (χ3v) is 1.90. The van der Waals surface area contributed by atoms with E-state index in [1.165, 1.54) is 0 Å². The van der Waals surface area contributed by atoms with Crippen LogP contribution in [0.2, 0.25) is 0 Å². The van der Waals surface area contributed by atoms with Crippen LogP contribution in [0.4, 0.5) is 0 Å². The summed E-state index contributed by atoms with van der Waals surface area (Å²) in [4.78, 5) is 0. The van der Waals surface area contributed by atoms with Gasteiger partial charge in [0.05, 0.1) is 6.61 Å². The number of aliphatic hydroxyl groups excluding tert-OH is 1. The van der Waals surface area contributed by atoms with E-state index in [4.69, 9.17) is 14.2 Å². The molecule has 1 N–H and O–H groups in total. The number of fused-ring (bicyclic) bond motifs is 1. The third-order valence-electron chi connectivity index (χ3n) is 1.90. The van der Waals surface area contributed by atoms with Crippen LogP contribution >= 0.6 is 0 Å². The second-order valence-corrected chi connectivity index (χ2v) is 3.37. The van der Waals surface area contributed by atoms with Crippen molar-refractivity contribution >= 4 is 0 Å². The zero-order chi connectivity index (χ0) is 8.06.